The van der Waals surface area contributed by atoms with Crippen molar-refractivity contribution < 1.29 is 26.7 Å². The van der Waals surface area contributed by atoms with Crippen molar-refractivity contribution in [1.82, 2.24) is 9.97 Å². The first-order chi connectivity index (χ1) is 8.86. The number of aromatic nitrogens is 2. The van der Waals surface area contributed by atoms with Crippen LogP contribution in [0.2, 0.25) is 0 Å². The third-order valence-electron chi connectivity index (χ3n) is 2.07. The van der Waals surface area contributed by atoms with Gasteiger partial charge in [0.25, 0.3) is 0 Å². The van der Waals surface area contributed by atoms with Gasteiger partial charge in [-0.1, -0.05) is 0 Å². The van der Waals surface area contributed by atoms with E-state index in [0.29, 0.717) is 12.1 Å². The monoisotopic (exact) mass is 276 g/mol. The number of hydrogen-bond acceptors (Lipinski definition) is 3. The molecular formula is C11H5F5N2O. The highest BCUT2D eigenvalue weighted by atomic mass is 19.4. The van der Waals surface area contributed by atoms with Gasteiger partial charge in [0.2, 0.25) is 5.88 Å². The molecule has 1 aromatic carbocycles. The van der Waals surface area contributed by atoms with Crippen molar-refractivity contribution in [1.29, 1.82) is 0 Å². The molecule has 2 aromatic rings. The topological polar surface area (TPSA) is 35.0 Å². The van der Waals surface area contributed by atoms with E-state index in [1.807, 2.05) is 0 Å². The third kappa shape index (κ3) is 3.15. The Balaban J connectivity index is 2.32. The highest BCUT2D eigenvalue weighted by Gasteiger charge is 2.34. The summed E-state index contributed by atoms with van der Waals surface area (Å²) in [5.74, 6) is -2.02. The Morgan fingerprint density at radius 1 is 1.05 bits per heavy atom. The standard InChI is InChI=1S/C11H5F5N2O/c12-8-2-1-6(5-7(8)11(14,15)16)19-9-3-4-17-10(13)18-9/h1-5H. The van der Waals surface area contributed by atoms with Crippen LogP contribution < -0.4 is 4.74 Å². The van der Waals surface area contributed by atoms with Crippen molar-refractivity contribution in [3.05, 3.63) is 47.9 Å². The molecule has 0 unspecified atom stereocenters. The number of halogens is 5. The van der Waals surface area contributed by atoms with Crippen molar-refractivity contribution in [2.45, 2.75) is 6.18 Å². The van der Waals surface area contributed by atoms with E-state index in [1.165, 1.54) is 0 Å². The molecule has 0 amide bonds. The molecule has 0 saturated carbocycles. The predicted molar refractivity (Wildman–Crippen MR) is 53.5 cm³/mol. The molecule has 100 valence electrons. The van der Waals surface area contributed by atoms with Crippen molar-refractivity contribution in [3.8, 4) is 11.6 Å². The zero-order valence-corrected chi connectivity index (χ0v) is 9.08. The van der Waals surface area contributed by atoms with Crippen LogP contribution in [0, 0.1) is 11.9 Å². The van der Waals surface area contributed by atoms with Crippen LogP contribution >= 0.6 is 0 Å². The van der Waals surface area contributed by atoms with Crippen LogP contribution in [0.15, 0.2) is 30.5 Å². The van der Waals surface area contributed by atoms with Crippen LogP contribution in [0.5, 0.6) is 11.6 Å². The van der Waals surface area contributed by atoms with Gasteiger partial charge >= 0.3 is 12.3 Å². The summed E-state index contributed by atoms with van der Waals surface area (Å²) in [4.78, 5) is 6.36. The van der Waals surface area contributed by atoms with Crippen LogP contribution in [0.3, 0.4) is 0 Å². The van der Waals surface area contributed by atoms with Gasteiger partial charge in [-0.2, -0.15) is 22.5 Å². The van der Waals surface area contributed by atoms with Gasteiger partial charge < -0.3 is 4.74 Å². The SMILES string of the molecule is Fc1nccc(Oc2ccc(F)c(C(F)(F)F)c2)n1. The molecule has 0 atom stereocenters. The van der Waals surface area contributed by atoms with Gasteiger partial charge in [0.15, 0.2) is 0 Å². The first-order valence-corrected chi connectivity index (χ1v) is 4.89. The Morgan fingerprint density at radius 2 is 1.79 bits per heavy atom. The average molecular weight is 276 g/mol. The molecule has 1 aromatic heterocycles. The molecule has 0 spiro atoms. The fourth-order valence-corrected chi connectivity index (χ4v) is 1.28. The highest BCUT2D eigenvalue weighted by Crippen LogP contribution is 2.34. The fourth-order valence-electron chi connectivity index (χ4n) is 1.28. The molecule has 0 radical (unpaired) electrons. The highest BCUT2D eigenvalue weighted by molar-refractivity contribution is 5.33. The molecule has 0 aliphatic heterocycles. The van der Waals surface area contributed by atoms with Crippen molar-refractivity contribution in [2.24, 2.45) is 0 Å². The Bertz CT molecular complexity index is 600. The predicted octanol–water partition coefficient (Wildman–Crippen LogP) is 3.57. The lowest BCUT2D eigenvalue weighted by molar-refractivity contribution is -0.140. The van der Waals surface area contributed by atoms with Crippen LogP contribution in [0.4, 0.5) is 22.0 Å². The number of alkyl halides is 3. The number of nitrogens with zero attached hydrogens (tertiary/aromatic N) is 2. The van der Waals surface area contributed by atoms with Gasteiger partial charge in [-0.3, -0.25) is 0 Å². The lowest BCUT2D eigenvalue weighted by Gasteiger charge is -2.10. The van der Waals surface area contributed by atoms with Gasteiger partial charge in [-0.05, 0) is 18.2 Å². The molecule has 2 rings (SSSR count). The van der Waals surface area contributed by atoms with E-state index in [1.54, 1.807) is 0 Å². The summed E-state index contributed by atoms with van der Waals surface area (Å²) in [5, 5.41) is 0. The summed E-state index contributed by atoms with van der Waals surface area (Å²) < 4.78 is 67.9. The minimum atomic E-state index is -4.85. The number of ether oxygens (including phenoxy) is 1. The summed E-state index contributed by atoms with van der Waals surface area (Å²) in [6, 6.07) is 3.20. The minimum absolute atomic E-state index is 0.285. The van der Waals surface area contributed by atoms with Gasteiger partial charge in [0.05, 0.1) is 5.56 Å². The van der Waals surface area contributed by atoms with Crippen molar-refractivity contribution in [3.63, 3.8) is 0 Å². The van der Waals surface area contributed by atoms with Gasteiger partial charge in [-0.25, -0.2) is 9.37 Å². The molecule has 19 heavy (non-hydrogen) atoms. The minimum Gasteiger partial charge on any atom is -0.439 e. The van der Waals surface area contributed by atoms with Crippen molar-refractivity contribution >= 4 is 0 Å². The summed E-state index contributed by atoms with van der Waals surface area (Å²) in [6.45, 7) is 0. The van der Waals surface area contributed by atoms with E-state index in [-0.39, 0.29) is 11.6 Å². The second kappa shape index (κ2) is 4.79. The zero-order chi connectivity index (χ0) is 14.0. The first-order valence-electron chi connectivity index (χ1n) is 4.89. The molecule has 0 saturated heterocycles. The number of hydrogen-bond donors (Lipinski definition) is 0. The molecule has 3 nitrogen and oxygen atoms in total. The fraction of sp³-hybridized carbons (Fsp3) is 0.0909. The Kier molecular flexibility index (Phi) is 3.32. The van der Waals surface area contributed by atoms with Crippen LogP contribution in [-0.2, 0) is 6.18 Å². The largest absolute Gasteiger partial charge is 0.439 e. The summed E-state index contributed by atoms with van der Waals surface area (Å²) in [5.41, 5.74) is -1.47. The van der Waals surface area contributed by atoms with E-state index < -0.39 is 23.6 Å². The van der Waals surface area contributed by atoms with Gasteiger partial charge in [0.1, 0.15) is 11.6 Å². The Labute approximate surface area is 103 Å². The second-order valence-electron chi connectivity index (χ2n) is 3.41. The second-order valence-corrected chi connectivity index (χ2v) is 3.41. The maximum absolute atomic E-state index is 13.0. The average Bonchev–Trinajstić information content (AvgIpc) is 2.30. The molecule has 0 bridgehead atoms. The Morgan fingerprint density at radius 3 is 2.42 bits per heavy atom. The van der Waals surface area contributed by atoms with Crippen LogP contribution in [-0.4, -0.2) is 9.97 Å². The molecule has 1 heterocycles. The Hall–Kier alpha value is -2.25. The molecule has 8 heteroatoms. The number of rotatable bonds is 2. The summed E-state index contributed by atoms with van der Waals surface area (Å²) in [6.07, 6.45) is -4.90. The third-order valence-corrected chi connectivity index (χ3v) is 2.07. The van der Waals surface area contributed by atoms with Gasteiger partial charge in [0, 0.05) is 12.3 Å². The van der Waals surface area contributed by atoms with E-state index in [9.17, 15) is 22.0 Å². The summed E-state index contributed by atoms with van der Waals surface area (Å²) in [7, 11) is 0. The number of benzene rings is 1. The molecule has 0 aliphatic carbocycles. The van der Waals surface area contributed by atoms with E-state index in [4.69, 9.17) is 4.74 Å². The molecular weight excluding hydrogens is 271 g/mol. The smallest absolute Gasteiger partial charge is 0.419 e. The lowest BCUT2D eigenvalue weighted by Crippen LogP contribution is -2.08. The maximum Gasteiger partial charge on any atom is 0.419 e. The van der Waals surface area contributed by atoms with E-state index >= 15 is 0 Å². The van der Waals surface area contributed by atoms with E-state index in [2.05, 4.69) is 9.97 Å². The maximum atomic E-state index is 13.0. The molecule has 0 aliphatic rings. The van der Waals surface area contributed by atoms with Crippen molar-refractivity contribution in [2.75, 3.05) is 0 Å². The van der Waals surface area contributed by atoms with E-state index in [0.717, 1.165) is 18.3 Å². The van der Waals surface area contributed by atoms with Crippen LogP contribution in [0.25, 0.3) is 0 Å². The zero-order valence-electron chi connectivity index (χ0n) is 9.08. The molecule has 0 fully saturated rings. The quantitative estimate of drug-likeness (QED) is 0.621. The lowest BCUT2D eigenvalue weighted by atomic mass is 10.2. The molecule has 0 N–H and O–H groups in total. The van der Waals surface area contributed by atoms with Crippen LogP contribution in [0.1, 0.15) is 5.56 Å². The van der Waals surface area contributed by atoms with Gasteiger partial charge in [-0.15, -0.1) is 0 Å². The summed E-state index contributed by atoms with van der Waals surface area (Å²) >= 11 is 0. The normalized spacial score (nSPS) is 11.4. The first kappa shape index (κ1) is 13.2.